The van der Waals surface area contributed by atoms with Gasteiger partial charge < -0.3 is 0 Å². The second kappa shape index (κ2) is 7.91. The van der Waals surface area contributed by atoms with Crippen molar-refractivity contribution in [2.75, 3.05) is 13.1 Å². The molecule has 0 aromatic heterocycles. The van der Waals surface area contributed by atoms with Crippen LogP contribution in [0.4, 0.5) is 4.39 Å². The van der Waals surface area contributed by atoms with Crippen LogP contribution in [-0.4, -0.2) is 18.0 Å². The number of benzene rings is 1. The average Bonchev–Trinajstić information content (AvgIpc) is 2.43. The normalized spacial score (nSPS) is 11.0. The number of halogens is 1. The van der Waals surface area contributed by atoms with E-state index in [-0.39, 0.29) is 5.82 Å². The third-order valence-electron chi connectivity index (χ3n) is 3.70. The second-order valence-electron chi connectivity index (χ2n) is 4.92. The van der Waals surface area contributed by atoms with E-state index in [9.17, 15) is 4.39 Å². The molecule has 0 aliphatic carbocycles. The molecule has 1 rings (SSSR count). The highest BCUT2D eigenvalue weighted by atomic mass is 19.1. The van der Waals surface area contributed by atoms with Gasteiger partial charge in [0, 0.05) is 13.1 Å². The lowest BCUT2D eigenvalue weighted by Crippen LogP contribution is -2.29. The van der Waals surface area contributed by atoms with E-state index in [0.29, 0.717) is 18.0 Å². The molecule has 19 heavy (non-hydrogen) atoms. The van der Waals surface area contributed by atoms with Gasteiger partial charge in [0.05, 0.1) is 11.6 Å². The van der Waals surface area contributed by atoms with E-state index in [0.717, 1.165) is 31.5 Å². The standard InChI is InChI=1S/C16H23FN2/c1-4-13(5-2)11-19(6-3)12-15-9-16(17)8-7-14(15)10-18/h7-9,13H,4-6,11-12H2,1-3H3. The zero-order valence-electron chi connectivity index (χ0n) is 12.1. The Kier molecular flexibility index (Phi) is 6.52. The van der Waals surface area contributed by atoms with Crippen molar-refractivity contribution in [3.8, 4) is 6.07 Å². The fourth-order valence-electron chi connectivity index (χ4n) is 2.26. The fourth-order valence-corrected chi connectivity index (χ4v) is 2.26. The van der Waals surface area contributed by atoms with Crippen LogP contribution >= 0.6 is 0 Å². The molecular formula is C16H23FN2. The quantitative estimate of drug-likeness (QED) is 0.743. The van der Waals surface area contributed by atoms with Crippen molar-refractivity contribution < 1.29 is 4.39 Å². The van der Waals surface area contributed by atoms with Gasteiger partial charge in [-0.25, -0.2) is 4.39 Å². The second-order valence-corrected chi connectivity index (χ2v) is 4.92. The summed E-state index contributed by atoms with van der Waals surface area (Å²) < 4.78 is 13.3. The van der Waals surface area contributed by atoms with E-state index >= 15 is 0 Å². The first-order valence-electron chi connectivity index (χ1n) is 7.05. The fraction of sp³-hybridized carbons (Fsp3) is 0.562. The molecule has 0 saturated heterocycles. The Hall–Kier alpha value is -1.40. The molecule has 1 aromatic rings. The van der Waals surface area contributed by atoms with Crippen LogP contribution < -0.4 is 0 Å². The van der Waals surface area contributed by atoms with Gasteiger partial charge in [-0.05, 0) is 36.2 Å². The smallest absolute Gasteiger partial charge is 0.123 e. The lowest BCUT2D eigenvalue weighted by atomic mass is 10.0. The summed E-state index contributed by atoms with van der Waals surface area (Å²) in [4.78, 5) is 2.28. The van der Waals surface area contributed by atoms with E-state index in [1.165, 1.54) is 12.1 Å². The topological polar surface area (TPSA) is 27.0 Å². The molecule has 3 heteroatoms. The summed E-state index contributed by atoms with van der Waals surface area (Å²) in [7, 11) is 0. The Morgan fingerprint density at radius 2 is 1.95 bits per heavy atom. The molecule has 0 fully saturated rings. The predicted octanol–water partition coefficient (Wildman–Crippen LogP) is 3.96. The lowest BCUT2D eigenvalue weighted by Gasteiger charge is -2.25. The van der Waals surface area contributed by atoms with Crippen molar-refractivity contribution in [1.82, 2.24) is 4.90 Å². The highest BCUT2D eigenvalue weighted by Crippen LogP contribution is 2.16. The molecule has 0 aliphatic rings. The Morgan fingerprint density at radius 1 is 1.26 bits per heavy atom. The third kappa shape index (κ3) is 4.65. The summed E-state index contributed by atoms with van der Waals surface area (Å²) in [6, 6.07) is 6.53. The van der Waals surface area contributed by atoms with E-state index in [2.05, 4.69) is 31.7 Å². The summed E-state index contributed by atoms with van der Waals surface area (Å²) in [5, 5.41) is 9.08. The maximum absolute atomic E-state index is 13.3. The van der Waals surface area contributed by atoms with Crippen LogP contribution in [0, 0.1) is 23.1 Å². The van der Waals surface area contributed by atoms with Crippen molar-refractivity contribution in [1.29, 1.82) is 5.26 Å². The Morgan fingerprint density at radius 3 is 2.47 bits per heavy atom. The first kappa shape index (κ1) is 15.7. The minimum atomic E-state index is -0.271. The van der Waals surface area contributed by atoms with Gasteiger partial charge in [-0.2, -0.15) is 5.26 Å². The number of nitrogens with zero attached hydrogens (tertiary/aromatic N) is 2. The number of hydrogen-bond donors (Lipinski definition) is 0. The van der Waals surface area contributed by atoms with Crippen molar-refractivity contribution in [2.24, 2.45) is 5.92 Å². The molecule has 0 unspecified atom stereocenters. The van der Waals surface area contributed by atoms with Gasteiger partial charge in [-0.1, -0.05) is 33.6 Å². The number of rotatable bonds is 7. The van der Waals surface area contributed by atoms with Gasteiger partial charge >= 0.3 is 0 Å². The minimum absolute atomic E-state index is 0.271. The first-order valence-corrected chi connectivity index (χ1v) is 7.05. The van der Waals surface area contributed by atoms with Crippen LogP contribution in [0.2, 0.25) is 0 Å². The van der Waals surface area contributed by atoms with Gasteiger partial charge in [-0.15, -0.1) is 0 Å². The van der Waals surface area contributed by atoms with Crippen LogP contribution in [0.25, 0.3) is 0 Å². The molecular weight excluding hydrogens is 239 g/mol. The minimum Gasteiger partial charge on any atom is -0.299 e. The van der Waals surface area contributed by atoms with Crippen LogP contribution in [-0.2, 0) is 6.54 Å². The molecule has 0 radical (unpaired) electrons. The molecule has 0 heterocycles. The Labute approximate surface area is 115 Å². The van der Waals surface area contributed by atoms with E-state index in [4.69, 9.17) is 5.26 Å². The van der Waals surface area contributed by atoms with Gasteiger partial charge in [0.25, 0.3) is 0 Å². The van der Waals surface area contributed by atoms with E-state index < -0.39 is 0 Å². The largest absolute Gasteiger partial charge is 0.299 e. The lowest BCUT2D eigenvalue weighted by molar-refractivity contribution is 0.226. The van der Waals surface area contributed by atoms with Crippen molar-refractivity contribution in [3.63, 3.8) is 0 Å². The van der Waals surface area contributed by atoms with Crippen LogP contribution in [0.5, 0.6) is 0 Å². The molecule has 0 saturated carbocycles. The Bertz CT molecular complexity index is 433. The van der Waals surface area contributed by atoms with Gasteiger partial charge in [0.15, 0.2) is 0 Å². The average molecular weight is 262 g/mol. The maximum Gasteiger partial charge on any atom is 0.123 e. The Balaban J connectivity index is 2.81. The molecule has 0 N–H and O–H groups in total. The van der Waals surface area contributed by atoms with Crippen LogP contribution in [0.3, 0.4) is 0 Å². The summed E-state index contributed by atoms with van der Waals surface area (Å²) in [6.45, 7) is 9.07. The summed E-state index contributed by atoms with van der Waals surface area (Å²) >= 11 is 0. The molecule has 0 atom stereocenters. The summed E-state index contributed by atoms with van der Waals surface area (Å²) in [6.07, 6.45) is 2.31. The summed E-state index contributed by atoms with van der Waals surface area (Å²) in [5.74, 6) is 0.395. The molecule has 2 nitrogen and oxygen atoms in total. The van der Waals surface area contributed by atoms with Crippen molar-refractivity contribution in [3.05, 3.63) is 35.1 Å². The molecule has 0 amide bonds. The zero-order chi connectivity index (χ0) is 14.3. The number of hydrogen-bond acceptors (Lipinski definition) is 2. The van der Waals surface area contributed by atoms with Gasteiger partial charge in [0.1, 0.15) is 5.82 Å². The van der Waals surface area contributed by atoms with Gasteiger partial charge in [0.2, 0.25) is 0 Å². The highest BCUT2D eigenvalue weighted by Gasteiger charge is 2.12. The van der Waals surface area contributed by atoms with Crippen molar-refractivity contribution in [2.45, 2.75) is 40.2 Å². The molecule has 0 aliphatic heterocycles. The van der Waals surface area contributed by atoms with E-state index in [1.807, 2.05) is 0 Å². The zero-order valence-corrected chi connectivity index (χ0v) is 12.1. The summed E-state index contributed by atoms with van der Waals surface area (Å²) in [5.41, 5.74) is 1.36. The molecule has 1 aromatic carbocycles. The SMILES string of the molecule is CCC(CC)CN(CC)Cc1cc(F)ccc1C#N. The molecule has 0 bridgehead atoms. The monoisotopic (exact) mass is 262 g/mol. The predicted molar refractivity (Wildman–Crippen MR) is 76.1 cm³/mol. The highest BCUT2D eigenvalue weighted by molar-refractivity contribution is 5.37. The first-order chi connectivity index (χ1) is 9.14. The van der Waals surface area contributed by atoms with Crippen LogP contribution in [0.1, 0.15) is 44.7 Å². The molecule has 104 valence electrons. The van der Waals surface area contributed by atoms with Gasteiger partial charge in [-0.3, -0.25) is 4.90 Å². The van der Waals surface area contributed by atoms with Crippen LogP contribution in [0.15, 0.2) is 18.2 Å². The van der Waals surface area contributed by atoms with Crippen molar-refractivity contribution >= 4 is 0 Å². The number of nitriles is 1. The molecule has 0 spiro atoms. The third-order valence-corrected chi connectivity index (χ3v) is 3.70. The van der Waals surface area contributed by atoms with E-state index in [1.54, 1.807) is 6.07 Å². The maximum atomic E-state index is 13.3.